The lowest BCUT2D eigenvalue weighted by molar-refractivity contribution is 0.184. The molecule has 0 bridgehead atoms. The van der Waals surface area contributed by atoms with Gasteiger partial charge in [0.2, 0.25) is 0 Å². The van der Waals surface area contributed by atoms with Crippen molar-refractivity contribution in [2.45, 2.75) is 31.7 Å². The summed E-state index contributed by atoms with van der Waals surface area (Å²) >= 11 is 0. The molecule has 1 aliphatic heterocycles. The molecule has 3 atom stereocenters. The zero-order valence-corrected chi connectivity index (χ0v) is 10.2. The first-order chi connectivity index (χ1) is 8.29. The van der Waals surface area contributed by atoms with E-state index < -0.39 is 0 Å². The molecular formula is C12H22N2O3. The lowest BCUT2D eigenvalue weighted by Crippen LogP contribution is -2.44. The van der Waals surface area contributed by atoms with E-state index in [-0.39, 0.29) is 18.7 Å². The molecule has 17 heavy (non-hydrogen) atoms. The molecule has 1 saturated carbocycles. The van der Waals surface area contributed by atoms with Crippen molar-refractivity contribution in [1.29, 1.82) is 0 Å². The molecule has 0 radical (unpaired) electrons. The van der Waals surface area contributed by atoms with Crippen LogP contribution in [0.4, 0.5) is 4.79 Å². The summed E-state index contributed by atoms with van der Waals surface area (Å²) in [6, 6.07) is 0.0521. The molecule has 2 amide bonds. The average Bonchev–Trinajstić information content (AvgIpc) is 2.96. The van der Waals surface area contributed by atoms with E-state index >= 15 is 0 Å². The number of carbonyl (C=O) groups is 1. The van der Waals surface area contributed by atoms with Gasteiger partial charge >= 0.3 is 6.03 Å². The molecule has 0 aromatic heterocycles. The number of rotatable bonds is 4. The maximum Gasteiger partial charge on any atom is 0.315 e. The third-order valence-electron chi connectivity index (χ3n) is 3.84. The summed E-state index contributed by atoms with van der Waals surface area (Å²) in [4.78, 5) is 11.6. The number of amides is 2. The minimum Gasteiger partial charge on any atom is -0.396 e. The summed E-state index contributed by atoms with van der Waals surface area (Å²) in [6.07, 6.45) is 4.25. The van der Waals surface area contributed by atoms with Gasteiger partial charge in [-0.25, -0.2) is 4.79 Å². The van der Waals surface area contributed by atoms with Crippen LogP contribution in [0.5, 0.6) is 0 Å². The third-order valence-corrected chi connectivity index (χ3v) is 3.84. The fourth-order valence-electron chi connectivity index (χ4n) is 2.73. The summed E-state index contributed by atoms with van der Waals surface area (Å²) in [5.41, 5.74) is 0. The average molecular weight is 242 g/mol. The van der Waals surface area contributed by atoms with Crippen molar-refractivity contribution < 1.29 is 14.6 Å². The summed E-state index contributed by atoms with van der Waals surface area (Å²) < 4.78 is 5.19. The number of nitrogens with one attached hydrogen (secondary N) is 2. The Morgan fingerprint density at radius 2 is 2.12 bits per heavy atom. The molecule has 0 aromatic carbocycles. The Hall–Kier alpha value is -0.810. The Balaban J connectivity index is 1.65. The molecule has 2 aliphatic rings. The Kier molecular flexibility index (Phi) is 4.62. The van der Waals surface area contributed by atoms with Crippen molar-refractivity contribution in [1.82, 2.24) is 10.6 Å². The van der Waals surface area contributed by atoms with Crippen LogP contribution < -0.4 is 10.6 Å². The molecule has 5 heteroatoms. The van der Waals surface area contributed by atoms with Crippen LogP contribution in [-0.4, -0.2) is 43.5 Å². The van der Waals surface area contributed by atoms with E-state index in [2.05, 4.69) is 10.6 Å². The van der Waals surface area contributed by atoms with E-state index in [9.17, 15) is 9.90 Å². The van der Waals surface area contributed by atoms with Gasteiger partial charge < -0.3 is 20.5 Å². The predicted octanol–water partition coefficient (Wildman–Crippen LogP) is 0.483. The number of urea groups is 1. The first kappa shape index (κ1) is 12.6. The van der Waals surface area contributed by atoms with Crippen LogP contribution in [0.2, 0.25) is 0 Å². The molecule has 1 aliphatic carbocycles. The van der Waals surface area contributed by atoms with Gasteiger partial charge in [-0.3, -0.25) is 0 Å². The summed E-state index contributed by atoms with van der Waals surface area (Å²) in [5, 5.41) is 15.0. The normalized spacial score (nSPS) is 32.6. The fraction of sp³-hybridized carbons (Fsp3) is 0.917. The number of aliphatic hydroxyl groups excluding tert-OH is 1. The van der Waals surface area contributed by atoms with Crippen LogP contribution in [0.15, 0.2) is 0 Å². The van der Waals surface area contributed by atoms with Crippen LogP contribution in [-0.2, 0) is 4.74 Å². The molecular weight excluding hydrogens is 220 g/mol. The second-order valence-corrected chi connectivity index (χ2v) is 5.05. The number of ether oxygens (including phenoxy) is 1. The molecule has 0 aromatic rings. The van der Waals surface area contributed by atoms with E-state index in [1.807, 2.05) is 0 Å². The van der Waals surface area contributed by atoms with E-state index in [1.165, 1.54) is 0 Å². The second-order valence-electron chi connectivity index (χ2n) is 5.05. The summed E-state index contributed by atoms with van der Waals surface area (Å²) in [7, 11) is 0. The van der Waals surface area contributed by atoms with Crippen molar-refractivity contribution in [3.63, 3.8) is 0 Å². The van der Waals surface area contributed by atoms with Crippen molar-refractivity contribution >= 4 is 6.03 Å². The molecule has 1 heterocycles. The Bertz CT molecular complexity index is 254. The number of hydrogen-bond donors (Lipinski definition) is 3. The zero-order valence-electron chi connectivity index (χ0n) is 10.2. The Morgan fingerprint density at radius 3 is 2.82 bits per heavy atom. The topological polar surface area (TPSA) is 70.6 Å². The lowest BCUT2D eigenvalue weighted by Gasteiger charge is -2.19. The zero-order chi connectivity index (χ0) is 12.1. The molecule has 2 rings (SSSR count). The van der Waals surface area contributed by atoms with Crippen molar-refractivity contribution in [3.05, 3.63) is 0 Å². The standard InChI is InChI=1S/C12H22N2O3/c15-7-10-3-1-2-9(10)6-13-12(16)14-11-4-5-17-8-11/h9-11,15H,1-8H2,(H2,13,14,16). The molecule has 0 spiro atoms. The minimum absolute atomic E-state index is 0.107. The molecule has 3 unspecified atom stereocenters. The van der Waals surface area contributed by atoms with Gasteiger partial charge in [-0.15, -0.1) is 0 Å². The van der Waals surface area contributed by atoms with Crippen LogP contribution in [0.25, 0.3) is 0 Å². The van der Waals surface area contributed by atoms with Gasteiger partial charge in [0.05, 0.1) is 12.6 Å². The van der Waals surface area contributed by atoms with Gasteiger partial charge in [0, 0.05) is 19.8 Å². The van der Waals surface area contributed by atoms with Gasteiger partial charge in [0.15, 0.2) is 0 Å². The van der Waals surface area contributed by atoms with E-state index in [4.69, 9.17) is 4.74 Å². The van der Waals surface area contributed by atoms with Gasteiger partial charge in [-0.1, -0.05) is 6.42 Å². The van der Waals surface area contributed by atoms with E-state index in [0.717, 1.165) is 32.3 Å². The monoisotopic (exact) mass is 242 g/mol. The van der Waals surface area contributed by atoms with Gasteiger partial charge in [0.25, 0.3) is 0 Å². The predicted molar refractivity (Wildman–Crippen MR) is 63.7 cm³/mol. The van der Waals surface area contributed by atoms with Crippen LogP contribution in [0.3, 0.4) is 0 Å². The van der Waals surface area contributed by atoms with E-state index in [0.29, 0.717) is 25.0 Å². The second kappa shape index (κ2) is 6.21. The molecule has 98 valence electrons. The minimum atomic E-state index is -0.107. The number of aliphatic hydroxyl groups is 1. The van der Waals surface area contributed by atoms with Gasteiger partial charge in [0.1, 0.15) is 0 Å². The van der Waals surface area contributed by atoms with Gasteiger partial charge in [-0.05, 0) is 31.1 Å². The maximum atomic E-state index is 11.6. The largest absolute Gasteiger partial charge is 0.396 e. The highest BCUT2D eigenvalue weighted by atomic mass is 16.5. The lowest BCUT2D eigenvalue weighted by atomic mass is 9.97. The molecule has 3 N–H and O–H groups in total. The molecule has 1 saturated heterocycles. The smallest absolute Gasteiger partial charge is 0.315 e. The highest BCUT2D eigenvalue weighted by Gasteiger charge is 2.27. The summed E-state index contributed by atoms with van der Waals surface area (Å²) in [5.74, 6) is 0.802. The number of hydrogen-bond acceptors (Lipinski definition) is 3. The van der Waals surface area contributed by atoms with Crippen molar-refractivity contribution in [2.24, 2.45) is 11.8 Å². The quantitative estimate of drug-likeness (QED) is 0.671. The number of carbonyl (C=O) groups excluding carboxylic acids is 1. The molecule has 2 fully saturated rings. The SMILES string of the molecule is O=C(NCC1CCCC1CO)NC1CCOC1. The van der Waals surface area contributed by atoms with Crippen molar-refractivity contribution in [2.75, 3.05) is 26.4 Å². The first-order valence-corrected chi connectivity index (χ1v) is 6.52. The Morgan fingerprint density at radius 1 is 1.29 bits per heavy atom. The van der Waals surface area contributed by atoms with Crippen LogP contribution >= 0.6 is 0 Å². The highest BCUT2D eigenvalue weighted by Crippen LogP contribution is 2.30. The van der Waals surface area contributed by atoms with Crippen LogP contribution in [0, 0.1) is 11.8 Å². The van der Waals surface area contributed by atoms with Gasteiger partial charge in [-0.2, -0.15) is 0 Å². The molecule has 5 nitrogen and oxygen atoms in total. The van der Waals surface area contributed by atoms with E-state index in [1.54, 1.807) is 0 Å². The Labute approximate surface area is 102 Å². The summed E-state index contributed by atoms with van der Waals surface area (Å²) in [6.45, 7) is 2.27. The first-order valence-electron chi connectivity index (χ1n) is 6.52. The van der Waals surface area contributed by atoms with Crippen molar-refractivity contribution in [3.8, 4) is 0 Å². The highest BCUT2D eigenvalue weighted by molar-refractivity contribution is 5.74. The van der Waals surface area contributed by atoms with Crippen LogP contribution in [0.1, 0.15) is 25.7 Å². The fourth-order valence-corrected chi connectivity index (χ4v) is 2.73. The maximum absolute atomic E-state index is 11.6. The third kappa shape index (κ3) is 3.57.